The summed E-state index contributed by atoms with van der Waals surface area (Å²) in [7, 11) is 2.05. The van der Waals surface area contributed by atoms with E-state index >= 15 is 0 Å². The van der Waals surface area contributed by atoms with Crippen LogP contribution < -0.4 is 0 Å². The summed E-state index contributed by atoms with van der Waals surface area (Å²) in [6, 6.07) is 16.2. The summed E-state index contributed by atoms with van der Waals surface area (Å²) in [5, 5.41) is 1.89. The van der Waals surface area contributed by atoms with Crippen molar-refractivity contribution in [2.75, 3.05) is 26.3 Å². The van der Waals surface area contributed by atoms with Crippen molar-refractivity contribution in [2.45, 2.75) is 12.3 Å². The van der Waals surface area contributed by atoms with Gasteiger partial charge in [-0.15, -0.1) is 0 Å². The molecule has 1 aliphatic rings. The fourth-order valence-electron chi connectivity index (χ4n) is 3.87. The molecule has 0 aliphatic carbocycles. The number of halogens is 1. The second-order valence-electron chi connectivity index (χ2n) is 7.01. The topological polar surface area (TPSA) is 34.5 Å². The van der Waals surface area contributed by atoms with Crippen molar-refractivity contribution in [3.8, 4) is 0 Å². The number of rotatable bonds is 4. The number of aryl methyl sites for hydroxylation is 1. The van der Waals surface area contributed by atoms with Gasteiger partial charge in [-0.2, -0.15) is 0 Å². The van der Waals surface area contributed by atoms with Crippen LogP contribution in [0.5, 0.6) is 0 Å². The Kier molecular flexibility index (Phi) is 5.19. The van der Waals surface area contributed by atoms with Gasteiger partial charge in [0.15, 0.2) is 0 Å². The Hall–Kier alpha value is -2.30. The molecule has 27 heavy (non-hydrogen) atoms. The van der Waals surface area contributed by atoms with Gasteiger partial charge in [-0.05, 0) is 29.3 Å². The lowest BCUT2D eigenvalue weighted by atomic mass is 9.88. The van der Waals surface area contributed by atoms with E-state index in [1.807, 2.05) is 35.2 Å². The lowest BCUT2D eigenvalue weighted by Gasteiger charge is -2.28. The average Bonchev–Trinajstić information content (AvgIpc) is 3.04. The summed E-state index contributed by atoms with van der Waals surface area (Å²) >= 11 is 6.10. The smallest absolute Gasteiger partial charge is 0.223 e. The molecule has 0 unspecified atom stereocenters. The van der Waals surface area contributed by atoms with E-state index < -0.39 is 0 Å². The average molecular weight is 383 g/mol. The fraction of sp³-hybridized carbons (Fsp3) is 0.318. The summed E-state index contributed by atoms with van der Waals surface area (Å²) in [4.78, 5) is 14.9. The van der Waals surface area contributed by atoms with E-state index in [4.69, 9.17) is 16.3 Å². The highest BCUT2D eigenvalue weighted by Crippen LogP contribution is 2.35. The minimum Gasteiger partial charge on any atom is -0.378 e. The maximum Gasteiger partial charge on any atom is 0.223 e. The lowest BCUT2D eigenvalue weighted by Crippen LogP contribution is -2.41. The van der Waals surface area contributed by atoms with Crippen LogP contribution in [0.25, 0.3) is 10.9 Å². The van der Waals surface area contributed by atoms with E-state index in [9.17, 15) is 4.79 Å². The number of fused-ring (bicyclic) bond motifs is 1. The van der Waals surface area contributed by atoms with E-state index in [-0.39, 0.29) is 11.8 Å². The number of amides is 1. The van der Waals surface area contributed by atoms with Gasteiger partial charge in [0.2, 0.25) is 5.91 Å². The third-order valence-corrected chi connectivity index (χ3v) is 5.57. The highest BCUT2D eigenvalue weighted by atomic mass is 35.5. The number of aromatic nitrogens is 1. The normalized spacial score (nSPS) is 15.9. The van der Waals surface area contributed by atoms with Gasteiger partial charge < -0.3 is 14.2 Å². The first-order chi connectivity index (χ1) is 13.1. The SMILES string of the molecule is Cn1cc([C@H](CC(=O)N2CCOCC2)c2ccc(Cl)cc2)c2ccccc21. The number of morpholine rings is 1. The van der Waals surface area contributed by atoms with Gasteiger partial charge in [0, 0.05) is 54.6 Å². The molecule has 4 rings (SSSR count). The first-order valence-electron chi connectivity index (χ1n) is 9.28. The molecule has 2 aromatic carbocycles. The van der Waals surface area contributed by atoms with Gasteiger partial charge in [0.05, 0.1) is 13.2 Å². The van der Waals surface area contributed by atoms with Crippen LogP contribution in [0.2, 0.25) is 5.02 Å². The Labute approximate surface area is 164 Å². The molecule has 0 radical (unpaired) electrons. The zero-order valence-electron chi connectivity index (χ0n) is 15.4. The van der Waals surface area contributed by atoms with Gasteiger partial charge in [0.1, 0.15) is 0 Å². The predicted octanol–water partition coefficient (Wildman–Crippen LogP) is 4.21. The maximum atomic E-state index is 13.0. The van der Waals surface area contributed by atoms with Gasteiger partial charge in [0.25, 0.3) is 0 Å². The third-order valence-electron chi connectivity index (χ3n) is 5.32. The van der Waals surface area contributed by atoms with Crippen molar-refractivity contribution < 1.29 is 9.53 Å². The molecular formula is C22H23ClN2O2. The summed E-state index contributed by atoms with van der Waals surface area (Å²) in [6.07, 6.45) is 2.59. The fourth-order valence-corrected chi connectivity index (χ4v) is 4.00. The number of carbonyl (C=O) groups excluding carboxylic acids is 1. The zero-order chi connectivity index (χ0) is 18.8. The van der Waals surface area contributed by atoms with Crippen molar-refractivity contribution in [1.29, 1.82) is 0 Å². The number of hydrogen-bond acceptors (Lipinski definition) is 2. The minimum atomic E-state index is -0.0105. The second kappa shape index (κ2) is 7.75. The van der Waals surface area contributed by atoms with Crippen LogP contribution in [0.4, 0.5) is 0 Å². The Morgan fingerprint density at radius 2 is 1.81 bits per heavy atom. The van der Waals surface area contributed by atoms with Gasteiger partial charge in [-0.25, -0.2) is 0 Å². The Morgan fingerprint density at radius 3 is 2.56 bits per heavy atom. The van der Waals surface area contributed by atoms with Crippen molar-refractivity contribution in [3.05, 3.63) is 70.9 Å². The molecule has 1 aliphatic heterocycles. The maximum absolute atomic E-state index is 13.0. The molecule has 1 aromatic heterocycles. The molecule has 4 nitrogen and oxygen atoms in total. The molecule has 140 valence electrons. The number of para-hydroxylation sites is 1. The highest BCUT2D eigenvalue weighted by Gasteiger charge is 2.25. The van der Waals surface area contributed by atoms with Crippen molar-refractivity contribution in [1.82, 2.24) is 9.47 Å². The van der Waals surface area contributed by atoms with Crippen molar-refractivity contribution in [2.24, 2.45) is 7.05 Å². The van der Waals surface area contributed by atoms with Gasteiger partial charge in [-0.1, -0.05) is 41.9 Å². The highest BCUT2D eigenvalue weighted by molar-refractivity contribution is 6.30. The summed E-state index contributed by atoms with van der Waals surface area (Å²) in [5.41, 5.74) is 3.46. The molecule has 3 aromatic rings. The Bertz CT molecular complexity index is 943. The van der Waals surface area contributed by atoms with Crippen LogP contribution in [0.15, 0.2) is 54.7 Å². The van der Waals surface area contributed by atoms with E-state index in [0.717, 1.165) is 5.56 Å². The Balaban J connectivity index is 1.73. The molecule has 0 N–H and O–H groups in total. The predicted molar refractivity (Wildman–Crippen MR) is 108 cm³/mol. The molecule has 0 saturated carbocycles. The zero-order valence-corrected chi connectivity index (χ0v) is 16.2. The standard InChI is InChI=1S/C22H23ClN2O2/c1-24-15-20(18-4-2-3-5-21(18)24)19(16-6-8-17(23)9-7-16)14-22(26)25-10-12-27-13-11-25/h2-9,15,19H,10-14H2,1H3/t19-/m1/s1. The molecule has 5 heteroatoms. The summed E-state index contributed by atoms with van der Waals surface area (Å²) in [6.45, 7) is 2.57. The second-order valence-corrected chi connectivity index (χ2v) is 7.45. The van der Waals surface area contributed by atoms with Crippen LogP contribution >= 0.6 is 11.6 Å². The largest absolute Gasteiger partial charge is 0.378 e. The minimum absolute atomic E-state index is 0.0105. The van der Waals surface area contributed by atoms with E-state index in [1.54, 1.807) is 0 Å². The molecule has 1 saturated heterocycles. The first kappa shape index (κ1) is 18.1. The molecule has 2 heterocycles. The summed E-state index contributed by atoms with van der Waals surface area (Å²) in [5.74, 6) is 0.162. The van der Waals surface area contributed by atoms with Crippen molar-refractivity contribution in [3.63, 3.8) is 0 Å². The number of carbonyl (C=O) groups is 1. The first-order valence-corrected chi connectivity index (χ1v) is 9.66. The molecule has 1 fully saturated rings. The van der Waals surface area contributed by atoms with Crippen LogP contribution in [-0.4, -0.2) is 41.7 Å². The van der Waals surface area contributed by atoms with Crippen LogP contribution in [0.3, 0.4) is 0 Å². The van der Waals surface area contributed by atoms with Crippen LogP contribution in [0, 0.1) is 0 Å². The van der Waals surface area contributed by atoms with Crippen LogP contribution in [-0.2, 0) is 16.6 Å². The summed E-state index contributed by atoms with van der Waals surface area (Å²) < 4.78 is 7.52. The molecule has 1 amide bonds. The number of benzene rings is 2. The molecular weight excluding hydrogens is 360 g/mol. The number of nitrogens with zero attached hydrogens (tertiary/aromatic N) is 2. The quantitative estimate of drug-likeness (QED) is 0.677. The van der Waals surface area contributed by atoms with Crippen LogP contribution in [0.1, 0.15) is 23.5 Å². The van der Waals surface area contributed by atoms with E-state index in [2.05, 4.69) is 36.0 Å². The molecule has 1 atom stereocenters. The lowest BCUT2D eigenvalue weighted by molar-refractivity contribution is -0.135. The molecule has 0 bridgehead atoms. The van der Waals surface area contributed by atoms with Crippen molar-refractivity contribution >= 4 is 28.4 Å². The van der Waals surface area contributed by atoms with E-state index in [1.165, 1.54) is 16.5 Å². The number of ether oxygens (including phenoxy) is 1. The molecule has 0 spiro atoms. The van der Waals surface area contributed by atoms with E-state index in [0.29, 0.717) is 37.7 Å². The Morgan fingerprint density at radius 1 is 1.11 bits per heavy atom. The van der Waals surface area contributed by atoms with Gasteiger partial charge >= 0.3 is 0 Å². The number of hydrogen-bond donors (Lipinski definition) is 0. The third kappa shape index (κ3) is 3.73. The van der Waals surface area contributed by atoms with Gasteiger partial charge in [-0.3, -0.25) is 4.79 Å². The monoisotopic (exact) mass is 382 g/mol.